The predicted molar refractivity (Wildman–Crippen MR) is 70.8 cm³/mol. The van der Waals surface area contributed by atoms with Crippen LogP contribution >= 0.6 is 11.3 Å². The van der Waals surface area contributed by atoms with Gasteiger partial charge in [0.15, 0.2) is 4.90 Å². The molecule has 0 saturated heterocycles. The minimum absolute atomic E-state index is 0.368. The van der Waals surface area contributed by atoms with Crippen molar-refractivity contribution in [1.82, 2.24) is 4.72 Å². The van der Waals surface area contributed by atoms with Gasteiger partial charge in [0.25, 0.3) is 0 Å². The fraction of sp³-hybridized carbons (Fsp3) is 0.167. The van der Waals surface area contributed by atoms with Gasteiger partial charge in [0.05, 0.1) is 6.10 Å². The number of nitrogens with one attached hydrogen (secondary N) is 1. The second-order valence-electron chi connectivity index (χ2n) is 3.98. The Kier molecular flexibility index (Phi) is 4.48. The maximum atomic E-state index is 13.4. The van der Waals surface area contributed by atoms with Gasteiger partial charge in [-0.3, -0.25) is 0 Å². The number of hydrogen-bond acceptors (Lipinski definition) is 4. The molecular formula is C12H11F2NO3S2. The molecule has 1 atom stereocenters. The van der Waals surface area contributed by atoms with Crippen LogP contribution in [0.15, 0.2) is 39.9 Å². The summed E-state index contributed by atoms with van der Waals surface area (Å²) in [5.74, 6) is -2.36. The third-order valence-corrected chi connectivity index (χ3v) is 4.76. The highest BCUT2D eigenvalue weighted by molar-refractivity contribution is 7.89. The third-order valence-electron chi connectivity index (χ3n) is 2.58. The van der Waals surface area contributed by atoms with Crippen LogP contribution in [0.25, 0.3) is 0 Å². The lowest BCUT2D eigenvalue weighted by Crippen LogP contribution is -2.29. The lowest BCUT2D eigenvalue weighted by Gasteiger charge is -2.12. The van der Waals surface area contributed by atoms with E-state index < -0.39 is 32.7 Å². The zero-order valence-corrected chi connectivity index (χ0v) is 11.7. The standard InChI is InChI=1S/C12H11F2NO3S2/c13-9-2-1-3-10(14)12(9)20(17,18)15-6-11(16)8-4-5-19-7-8/h1-5,7,11,15-16H,6H2. The molecule has 8 heteroatoms. The van der Waals surface area contributed by atoms with Crippen LogP contribution in [0.3, 0.4) is 0 Å². The van der Waals surface area contributed by atoms with Gasteiger partial charge in [0.1, 0.15) is 11.6 Å². The Hall–Kier alpha value is -1.35. The Morgan fingerprint density at radius 1 is 1.25 bits per heavy atom. The molecule has 2 aromatic rings. The molecule has 0 aliphatic heterocycles. The topological polar surface area (TPSA) is 66.4 Å². The normalized spacial score (nSPS) is 13.3. The summed E-state index contributed by atoms with van der Waals surface area (Å²) in [6, 6.07) is 4.41. The van der Waals surface area contributed by atoms with Crippen LogP contribution in [0.2, 0.25) is 0 Å². The molecule has 0 saturated carbocycles. The van der Waals surface area contributed by atoms with Crippen LogP contribution in [-0.4, -0.2) is 20.1 Å². The van der Waals surface area contributed by atoms with E-state index >= 15 is 0 Å². The first-order valence-electron chi connectivity index (χ1n) is 5.55. The summed E-state index contributed by atoms with van der Waals surface area (Å²) in [7, 11) is -4.36. The van der Waals surface area contributed by atoms with Gasteiger partial charge >= 0.3 is 0 Å². The molecule has 0 fully saturated rings. The van der Waals surface area contributed by atoms with Crippen molar-refractivity contribution in [2.24, 2.45) is 0 Å². The summed E-state index contributed by atoms with van der Waals surface area (Å²) in [6.45, 7) is -0.368. The quantitative estimate of drug-likeness (QED) is 0.886. The SMILES string of the molecule is O=S(=O)(NCC(O)c1ccsc1)c1c(F)cccc1F. The highest BCUT2D eigenvalue weighted by Crippen LogP contribution is 2.20. The average Bonchev–Trinajstić information content (AvgIpc) is 2.89. The summed E-state index contributed by atoms with van der Waals surface area (Å²) in [5, 5.41) is 13.1. The number of benzene rings is 1. The average molecular weight is 319 g/mol. The minimum atomic E-state index is -4.36. The Labute approximate surface area is 118 Å². The fourth-order valence-electron chi connectivity index (χ4n) is 1.58. The Balaban J connectivity index is 2.16. The summed E-state index contributed by atoms with van der Waals surface area (Å²) in [6.07, 6.45) is -1.08. The largest absolute Gasteiger partial charge is 0.387 e. The van der Waals surface area contributed by atoms with E-state index in [1.54, 1.807) is 16.8 Å². The number of rotatable bonds is 5. The third kappa shape index (κ3) is 3.21. The molecular weight excluding hydrogens is 308 g/mol. The van der Waals surface area contributed by atoms with Gasteiger partial charge in [-0.15, -0.1) is 0 Å². The molecule has 0 aliphatic rings. The molecule has 0 aliphatic carbocycles. The van der Waals surface area contributed by atoms with E-state index in [9.17, 15) is 22.3 Å². The van der Waals surface area contributed by atoms with Crippen molar-refractivity contribution in [2.45, 2.75) is 11.0 Å². The van der Waals surface area contributed by atoms with Crippen molar-refractivity contribution in [3.63, 3.8) is 0 Å². The van der Waals surface area contributed by atoms with E-state index in [4.69, 9.17) is 0 Å². The van der Waals surface area contributed by atoms with Crippen molar-refractivity contribution >= 4 is 21.4 Å². The first-order chi connectivity index (χ1) is 9.42. The van der Waals surface area contributed by atoms with E-state index in [0.29, 0.717) is 5.56 Å². The van der Waals surface area contributed by atoms with Gasteiger partial charge < -0.3 is 5.11 Å². The summed E-state index contributed by atoms with van der Waals surface area (Å²) < 4.78 is 52.5. The van der Waals surface area contributed by atoms with Crippen LogP contribution in [0.1, 0.15) is 11.7 Å². The van der Waals surface area contributed by atoms with E-state index in [0.717, 1.165) is 18.2 Å². The van der Waals surface area contributed by atoms with Gasteiger partial charge in [-0.25, -0.2) is 21.9 Å². The molecule has 0 spiro atoms. The number of sulfonamides is 1. The molecule has 0 radical (unpaired) electrons. The van der Waals surface area contributed by atoms with Gasteiger partial charge in [0, 0.05) is 6.54 Å². The van der Waals surface area contributed by atoms with Crippen molar-refractivity contribution in [1.29, 1.82) is 0 Å². The van der Waals surface area contributed by atoms with Gasteiger partial charge in [-0.1, -0.05) is 6.07 Å². The second kappa shape index (κ2) is 5.96. The lowest BCUT2D eigenvalue weighted by molar-refractivity contribution is 0.182. The Bertz CT molecular complexity index is 666. The monoisotopic (exact) mass is 319 g/mol. The van der Waals surface area contributed by atoms with Crippen LogP contribution in [0.5, 0.6) is 0 Å². The van der Waals surface area contributed by atoms with Crippen molar-refractivity contribution in [3.8, 4) is 0 Å². The zero-order chi connectivity index (χ0) is 14.8. The van der Waals surface area contributed by atoms with Gasteiger partial charge in [0.2, 0.25) is 10.0 Å². The molecule has 4 nitrogen and oxygen atoms in total. The molecule has 1 heterocycles. The summed E-state index contributed by atoms with van der Waals surface area (Å²) in [4.78, 5) is -1.04. The van der Waals surface area contributed by atoms with Gasteiger partial charge in [-0.05, 0) is 34.5 Å². The minimum Gasteiger partial charge on any atom is -0.387 e. The van der Waals surface area contributed by atoms with E-state index in [-0.39, 0.29) is 6.54 Å². The summed E-state index contributed by atoms with van der Waals surface area (Å²) in [5.41, 5.74) is 0.534. The first-order valence-corrected chi connectivity index (χ1v) is 7.98. The van der Waals surface area contributed by atoms with Crippen LogP contribution in [0.4, 0.5) is 8.78 Å². The lowest BCUT2D eigenvalue weighted by atomic mass is 10.2. The molecule has 2 rings (SSSR count). The molecule has 2 N–H and O–H groups in total. The highest BCUT2D eigenvalue weighted by Gasteiger charge is 2.24. The summed E-state index contributed by atoms with van der Waals surface area (Å²) >= 11 is 1.35. The number of hydrogen-bond donors (Lipinski definition) is 2. The number of halogens is 2. The highest BCUT2D eigenvalue weighted by atomic mass is 32.2. The molecule has 0 bridgehead atoms. The fourth-order valence-corrected chi connectivity index (χ4v) is 3.46. The van der Waals surface area contributed by atoms with Gasteiger partial charge in [-0.2, -0.15) is 11.3 Å². The van der Waals surface area contributed by atoms with Crippen molar-refractivity contribution in [2.75, 3.05) is 6.54 Å². The van der Waals surface area contributed by atoms with Crippen LogP contribution in [0, 0.1) is 11.6 Å². The number of thiophene rings is 1. The van der Waals surface area contributed by atoms with Crippen molar-refractivity contribution in [3.05, 3.63) is 52.2 Å². The number of aliphatic hydroxyl groups is 1. The van der Waals surface area contributed by atoms with Crippen LogP contribution in [-0.2, 0) is 10.0 Å². The Morgan fingerprint density at radius 2 is 1.90 bits per heavy atom. The molecule has 0 amide bonds. The maximum absolute atomic E-state index is 13.4. The smallest absolute Gasteiger partial charge is 0.246 e. The van der Waals surface area contributed by atoms with Crippen molar-refractivity contribution < 1.29 is 22.3 Å². The first kappa shape index (κ1) is 15.0. The van der Waals surface area contributed by atoms with E-state index in [2.05, 4.69) is 0 Å². The van der Waals surface area contributed by atoms with E-state index in [1.165, 1.54) is 11.3 Å². The van der Waals surface area contributed by atoms with Crippen LogP contribution < -0.4 is 4.72 Å². The molecule has 1 unspecified atom stereocenters. The zero-order valence-electron chi connectivity index (χ0n) is 10.1. The molecule has 20 heavy (non-hydrogen) atoms. The molecule has 1 aromatic carbocycles. The molecule has 108 valence electrons. The second-order valence-corrected chi connectivity index (χ2v) is 6.46. The predicted octanol–water partition coefficient (Wildman–Crippen LogP) is 2.04. The Morgan fingerprint density at radius 3 is 2.45 bits per heavy atom. The molecule has 1 aromatic heterocycles. The number of aliphatic hydroxyl groups excluding tert-OH is 1. The van der Waals surface area contributed by atoms with E-state index in [1.807, 2.05) is 4.72 Å². The maximum Gasteiger partial charge on any atom is 0.246 e.